The smallest absolute Gasteiger partial charge is 0.126 e. The molecule has 2 aromatic carbocycles. The predicted octanol–water partition coefficient (Wildman–Crippen LogP) is 5.81. The van der Waals surface area contributed by atoms with E-state index in [4.69, 9.17) is 11.6 Å². The van der Waals surface area contributed by atoms with Crippen molar-refractivity contribution in [1.82, 2.24) is 4.57 Å². The third-order valence-corrected chi connectivity index (χ3v) is 5.26. The second-order valence-corrected chi connectivity index (χ2v) is 7.10. The lowest BCUT2D eigenvalue weighted by Crippen LogP contribution is -1.95. The van der Waals surface area contributed by atoms with Gasteiger partial charge in [0.2, 0.25) is 0 Å². The molecule has 4 rings (SSSR count). The molecule has 0 spiro atoms. The molecule has 1 aromatic heterocycles. The number of benzene rings is 2. The average molecular weight is 391 g/mol. The predicted molar refractivity (Wildman–Crippen MR) is 95.4 cm³/mol. The summed E-state index contributed by atoms with van der Waals surface area (Å²) in [6, 6.07) is 11.1. The third-order valence-electron chi connectivity index (χ3n) is 4.39. The first-order chi connectivity index (χ1) is 11.1. The monoisotopic (exact) mass is 389 g/mol. The second-order valence-electron chi connectivity index (χ2n) is 5.81. The number of hydrogen-bond donors (Lipinski definition) is 0. The Morgan fingerprint density at radius 3 is 2.74 bits per heavy atom. The number of aryl methyl sites for hydroxylation is 3. The van der Waals surface area contributed by atoms with Crippen molar-refractivity contribution in [1.29, 1.82) is 0 Å². The molecule has 1 nitrogen and oxygen atoms in total. The number of rotatable bonds is 3. The van der Waals surface area contributed by atoms with Gasteiger partial charge in [0.25, 0.3) is 0 Å². The van der Waals surface area contributed by atoms with Gasteiger partial charge in [0.05, 0.1) is 5.52 Å². The van der Waals surface area contributed by atoms with Crippen LogP contribution in [0.2, 0.25) is 5.02 Å². The summed E-state index contributed by atoms with van der Waals surface area (Å²) in [5, 5.41) is 1.87. The number of aromatic nitrogens is 1. The van der Waals surface area contributed by atoms with Gasteiger partial charge in [-0.25, -0.2) is 4.39 Å². The quantitative estimate of drug-likeness (QED) is 0.531. The van der Waals surface area contributed by atoms with Gasteiger partial charge in [0.15, 0.2) is 0 Å². The van der Waals surface area contributed by atoms with Crippen LogP contribution in [-0.4, -0.2) is 4.57 Å². The van der Waals surface area contributed by atoms with E-state index in [-0.39, 0.29) is 5.82 Å². The first kappa shape index (κ1) is 15.2. The summed E-state index contributed by atoms with van der Waals surface area (Å²) in [7, 11) is 0. The van der Waals surface area contributed by atoms with Gasteiger partial charge in [-0.3, -0.25) is 0 Å². The summed E-state index contributed by atoms with van der Waals surface area (Å²) >= 11 is 9.48. The molecular formula is C19H14BrClFN. The van der Waals surface area contributed by atoms with Crippen molar-refractivity contribution in [3.05, 3.63) is 75.0 Å². The van der Waals surface area contributed by atoms with E-state index in [1.54, 1.807) is 12.1 Å². The minimum absolute atomic E-state index is 0.208. The van der Waals surface area contributed by atoms with Crippen molar-refractivity contribution in [2.45, 2.75) is 25.8 Å². The van der Waals surface area contributed by atoms with Crippen LogP contribution in [0, 0.1) is 12.2 Å². The molecule has 0 saturated carbocycles. The normalized spacial score (nSPS) is 13.7. The molecule has 0 saturated heterocycles. The zero-order chi connectivity index (χ0) is 16.0. The SMILES string of the molecule is Fc1cc(Br)c2c(CCc3ccc(Cl)cc3)c3n(c2c1)CC[C]3. The molecule has 0 bridgehead atoms. The molecule has 2 heterocycles. The van der Waals surface area contributed by atoms with E-state index in [9.17, 15) is 4.39 Å². The first-order valence-corrected chi connectivity index (χ1v) is 8.79. The summed E-state index contributed by atoms with van der Waals surface area (Å²) in [6.07, 6.45) is 6.17. The van der Waals surface area contributed by atoms with E-state index < -0.39 is 0 Å². The zero-order valence-electron chi connectivity index (χ0n) is 12.4. The molecule has 0 amide bonds. The molecule has 3 aromatic rings. The van der Waals surface area contributed by atoms with Gasteiger partial charge in [-0.1, -0.05) is 23.7 Å². The van der Waals surface area contributed by atoms with Crippen LogP contribution >= 0.6 is 27.5 Å². The van der Waals surface area contributed by atoms with Crippen molar-refractivity contribution < 1.29 is 4.39 Å². The van der Waals surface area contributed by atoms with E-state index in [0.29, 0.717) is 0 Å². The Bertz CT molecular complexity index is 883. The summed E-state index contributed by atoms with van der Waals surface area (Å²) < 4.78 is 16.8. The van der Waals surface area contributed by atoms with Crippen LogP contribution in [-0.2, 0) is 19.4 Å². The Labute approximate surface area is 148 Å². The molecular weight excluding hydrogens is 377 g/mol. The maximum Gasteiger partial charge on any atom is 0.126 e. The molecule has 1 aliphatic rings. The molecule has 0 fully saturated rings. The molecule has 1 aliphatic heterocycles. The third kappa shape index (κ3) is 2.70. The highest BCUT2D eigenvalue weighted by Crippen LogP contribution is 2.38. The average Bonchev–Trinajstić information content (AvgIpc) is 3.09. The number of nitrogens with zero attached hydrogens (tertiary/aromatic N) is 1. The lowest BCUT2D eigenvalue weighted by Gasteiger charge is -2.05. The van der Waals surface area contributed by atoms with Crippen molar-refractivity contribution in [2.24, 2.45) is 0 Å². The Balaban J connectivity index is 1.76. The molecule has 0 atom stereocenters. The van der Waals surface area contributed by atoms with Gasteiger partial charge >= 0.3 is 0 Å². The minimum atomic E-state index is -0.208. The summed E-state index contributed by atoms with van der Waals surface area (Å²) in [5.41, 5.74) is 4.58. The maximum absolute atomic E-state index is 13.8. The standard InChI is InChI=1S/C19H14BrClFN/c20-16-10-14(22)11-18-19(16)15(17-2-1-9-23(17)18)8-5-12-3-6-13(21)7-4-12/h3-4,6-7,10-11H,1,5,8-9H2. The molecule has 4 heteroatoms. The highest BCUT2D eigenvalue weighted by atomic mass is 79.9. The fourth-order valence-corrected chi connectivity index (χ4v) is 4.14. The van der Waals surface area contributed by atoms with Crippen LogP contribution in [0.15, 0.2) is 40.9 Å². The number of halogens is 3. The lowest BCUT2D eigenvalue weighted by atomic mass is 10.0. The van der Waals surface area contributed by atoms with Crippen LogP contribution in [0.25, 0.3) is 10.9 Å². The Morgan fingerprint density at radius 1 is 1.17 bits per heavy atom. The molecule has 116 valence electrons. The Hall–Kier alpha value is -1.32. The molecule has 2 radical (unpaired) electrons. The van der Waals surface area contributed by atoms with Crippen molar-refractivity contribution in [3.8, 4) is 0 Å². The van der Waals surface area contributed by atoms with E-state index in [2.05, 4.69) is 39.1 Å². The van der Waals surface area contributed by atoms with Crippen molar-refractivity contribution in [3.63, 3.8) is 0 Å². The van der Waals surface area contributed by atoms with Gasteiger partial charge in [-0.15, -0.1) is 0 Å². The van der Waals surface area contributed by atoms with Crippen molar-refractivity contribution >= 4 is 38.4 Å². The Morgan fingerprint density at radius 2 is 1.96 bits per heavy atom. The fraction of sp³-hybridized carbons (Fsp3) is 0.211. The minimum Gasteiger partial charge on any atom is -0.344 e. The zero-order valence-corrected chi connectivity index (χ0v) is 14.7. The van der Waals surface area contributed by atoms with Crippen LogP contribution in [0.4, 0.5) is 4.39 Å². The highest BCUT2D eigenvalue weighted by molar-refractivity contribution is 9.10. The molecule has 0 unspecified atom stereocenters. The summed E-state index contributed by atoms with van der Waals surface area (Å²) in [5.74, 6) is -0.208. The van der Waals surface area contributed by atoms with E-state index in [1.165, 1.54) is 11.1 Å². The number of fused-ring (bicyclic) bond motifs is 3. The lowest BCUT2D eigenvalue weighted by molar-refractivity contribution is 0.627. The summed E-state index contributed by atoms with van der Waals surface area (Å²) in [6.45, 7) is 0.878. The summed E-state index contributed by atoms with van der Waals surface area (Å²) in [4.78, 5) is 0. The fourth-order valence-electron chi connectivity index (χ4n) is 3.36. The molecule has 23 heavy (non-hydrogen) atoms. The van der Waals surface area contributed by atoms with Gasteiger partial charge < -0.3 is 4.57 Å². The van der Waals surface area contributed by atoms with Gasteiger partial charge in [-0.2, -0.15) is 0 Å². The van der Waals surface area contributed by atoms with Crippen molar-refractivity contribution in [2.75, 3.05) is 0 Å². The van der Waals surface area contributed by atoms with Crippen LogP contribution < -0.4 is 0 Å². The van der Waals surface area contributed by atoms with Gasteiger partial charge in [0.1, 0.15) is 5.82 Å². The Kier molecular flexibility index (Phi) is 3.94. The maximum atomic E-state index is 13.8. The molecule has 0 aliphatic carbocycles. The van der Waals surface area contributed by atoms with Crippen LogP contribution in [0.3, 0.4) is 0 Å². The van der Waals surface area contributed by atoms with Gasteiger partial charge in [-0.05, 0) is 70.6 Å². The second kappa shape index (κ2) is 5.95. The van der Waals surface area contributed by atoms with Crippen LogP contribution in [0.5, 0.6) is 0 Å². The van der Waals surface area contributed by atoms with Gasteiger partial charge in [0, 0.05) is 33.5 Å². The highest BCUT2D eigenvalue weighted by Gasteiger charge is 2.23. The topological polar surface area (TPSA) is 4.93 Å². The largest absolute Gasteiger partial charge is 0.344 e. The molecule has 0 N–H and O–H groups in total. The van der Waals surface area contributed by atoms with E-state index >= 15 is 0 Å². The number of hydrogen-bond acceptors (Lipinski definition) is 0. The van der Waals surface area contributed by atoms with E-state index in [0.717, 1.165) is 51.9 Å². The first-order valence-electron chi connectivity index (χ1n) is 7.62. The van der Waals surface area contributed by atoms with Crippen LogP contribution in [0.1, 0.15) is 23.2 Å². The van der Waals surface area contributed by atoms with E-state index in [1.807, 2.05) is 12.1 Å².